The minimum absolute atomic E-state index is 0.0411. The normalized spacial score (nSPS) is 16.9. The van der Waals surface area contributed by atoms with Gasteiger partial charge in [0.2, 0.25) is 5.95 Å². The Morgan fingerprint density at radius 1 is 1.40 bits per heavy atom. The van der Waals surface area contributed by atoms with Gasteiger partial charge in [-0.3, -0.25) is 0 Å². The van der Waals surface area contributed by atoms with Gasteiger partial charge in [0.15, 0.2) is 0 Å². The van der Waals surface area contributed by atoms with Gasteiger partial charge in [0.25, 0.3) is 0 Å². The van der Waals surface area contributed by atoms with E-state index in [0.717, 1.165) is 28.4 Å². The van der Waals surface area contributed by atoms with E-state index >= 15 is 0 Å². The van der Waals surface area contributed by atoms with E-state index in [9.17, 15) is 4.39 Å². The fourth-order valence-electron chi connectivity index (χ4n) is 1.99. The summed E-state index contributed by atoms with van der Waals surface area (Å²) in [5, 5.41) is 0. The van der Waals surface area contributed by atoms with Crippen molar-refractivity contribution in [3.05, 3.63) is 27.7 Å². The molecule has 1 nitrogen and oxygen atoms in total. The fraction of sp³-hybridized carbons (Fsp3) is 0.583. The number of hydrogen-bond donors (Lipinski definition) is 0. The number of rotatable bonds is 1. The lowest BCUT2D eigenvalue weighted by molar-refractivity contribution is 0.529. The summed E-state index contributed by atoms with van der Waals surface area (Å²) in [4.78, 5) is 3.80. The molecule has 1 aliphatic rings. The molecule has 0 saturated heterocycles. The predicted octanol–water partition coefficient (Wildman–Crippen LogP) is 4.16. The van der Waals surface area contributed by atoms with Gasteiger partial charge in [0, 0.05) is 16.2 Å². The molecule has 15 heavy (non-hydrogen) atoms. The molecular weight excluding hydrogens is 257 g/mol. The zero-order chi connectivity index (χ0) is 11.2. The SMILES string of the molecule is CC(C)(C)c1c(Br)cnc(F)c1C1CC1. The lowest BCUT2D eigenvalue weighted by atomic mass is 9.83. The maximum Gasteiger partial charge on any atom is 0.216 e. The van der Waals surface area contributed by atoms with E-state index in [-0.39, 0.29) is 11.4 Å². The van der Waals surface area contributed by atoms with Gasteiger partial charge in [-0.25, -0.2) is 4.98 Å². The molecule has 0 bridgehead atoms. The molecule has 0 radical (unpaired) electrons. The summed E-state index contributed by atoms with van der Waals surface area (Å²) in [7, 11) is 0. The average molecular weight is 272 g/mol. The molecule has 1 saturated carbocycles. The van der Waals surface area contributed by atoms with Crippen molar-refractivity contribution in [1.29, 1.82) is 0 Å². The van der Waals surface area contributed by atoms with Crippen LogP contribution in [0.25, 0.3) is 0 Å². The Bertz CT molecular complexity index is 391. The first-order valence-electron chi connectivity index (χ1n) is 5.25. The molecule has 0 amide bonds. The molecule has 1 aliphatic carbocycles. The van der Waals surface area contributed by atoms with Crippen LogP contribution >= 0.6 is 15.9 Å². The number of aromatic nitrogens is 1. The second-order valence-electron chi connectivity index (χ2n) is 5.21. The molecule has 0 unspecified atom stereocenters. The number of pyridine rings is 1. The van der Waals surface area contributed by atoms with E-state index in [0.29, 0.717) is 5.92 Å². The molecular formula is C12H15BrFN. The maximum absolute atomic E-state index is 13.7. The minimum atomic E-state index is -0.286. The van der Waals surface area contributed by atoms with Gasteiger partial charge in [-0.2, -0.15) is 4.39 Å². The first-order valence-corrected chi connectivity index (χ1v) is 6.05. The van der Waals surface area contributed by atoms with Gasteiger partial charge in [-0.1, -0.05) is 20.8 Å². The summed E-state index contributed by atoms with van der Waals surface area (Å²) in [6.45, 7) is 6.33. The van der Waals surface area contributed by atoms with Gasteiger partial charge in [0.05, 0.1) is 0 Å². The minimum Gasteiger partial charge on any atom is -0.227 e. The van der Waals surface area contributed by atoms with Gasteiger partial charge >= 0.3 is 0 Å². The Kier molecular flexibility index (Phi) is 2.61. The summed E-state index contributed by atoms with van der Waals surface area (Å²) >= 11 is 3.48. The van der Waals surface area contributed by atoms with Crippen LogP contribution in [0.2, 0.25) is 0 Å². The largest absolute Gasteiger partial charge is 0.227 e. The Morgan fingerprint density at radius 2 is 2.00 bits per heavy atom. The highest BCUT2D eigenvalue weighted by Crippen LogP contribution is 2.47. The summed E-state index contributed by atoms with van der Waals surface area (Å²) in [6.07, 6.45) is 3.76. The molecule has 1 heterocycles. The molecule has 0 spiro atoms. The molecule has 0 atom stereocenters. The van der Waals surface area contributed by atoms with Crippen molar-refractivity contribution >= 4 is 15.9 Å². The smallest absolute Gasteiger partial charge is 0.216 e. The Labute approximate surface area is 98.2 Å². The molecule has 0 aromatic carbocycles. The van der Waals surface area contributed by atoms with Crippen LogP contribution in [-0.4, -0.2) is 4.98 Å². The third kappa shape index (κ3) is 2.07. The molecule has 1 fully saturated rings. The molecule has 2 rings (SSSR count). The van der Waals surface area contributed by atoms with Gasteiger partial charge in [-0.15, -0.1) is 0 Å². The fourth-order valence-corrected chi connectivity index (χ4v) is 2.90. The number of nitrogens with zero attached hydrogens (tertiary/aromatic N) is 1. The van der Waals surface area contributed by atoms with Gasteiger partial charge < -0.3 is 0 Å². The highest BCUT2D eigenvalue weighted by Gasteiger charge is 2.34. The van der Waals surface area contributed by atoms with Crippen molar-refractivity contribution in [2.75, 3.05) is 0 Å². The van der Waals surface area contributed by atoms with Crippen LogP contribution < -0.4 is 0 Å². The van der Waals surface area contributed by atoms with Crippen molar-refractivity contribution in [2.45, 2.75) is 44.9 Å². The monoisotopic (exact) mass is 271 g/mol. The Morgan fingerprint density at radius 3 is 2.47 bits per heavy atom. The van der Waals surface area contributed by atoms with Crippen LogP contribution in [0.15, 0.2) is 10.7 Å². The predicted molar refractivity (Wildman–Crippen MR) is 62.6 cm³/mol. The van der Waals surface area contributed by atoms with Crippen LogP contribution in [0.1, 0.15) is 50.7 Å². The number of halogens is 2. The quantitative estimate of drug-likeness (QED) is 0.699. The van der Waals surface area contributed by atoms with Crippen LogP contribution in [0.5, 0.6) is 0 Å². The van der Waals surface area contributed by atoms with Gasteiger partial charge in [0.1, 0.15) is 0 Å². The molecule has 1 aromatic heterocycles. The van der Waals surface area contributed by atoms with Crippen molar-refractivity contribution < 1.29 is 4.39 Å². The summed E-state index contributed by atoms with van der Waals surface area (Å²) < 4.78 is 14.6. The average Bonchev–Trinajstić information content (AvgIpc) is 2.89. The zero-order valence-electron chi connectivity index (χ0n) is 9.27. The second kappa shape index (κ2) is 3.55. The highest BCUT2D eigenvalue weighted by molar-refractivity contribution is 9.10. The Balaban J connectivity index is 2.63. The Hall–Kier alpha value is -0.440. The zero-order valence-corrected chi connectivity index (χ0v) is 10.9. The van der Waals surface area contributed by atoms with Gasteiger partial charge in [-0.05, 0) is 45.7 Å². The number of hydrogen-bond acceptors (Lipinski definition) is 1. The van der Waals surface area contributed by atoms with E-state index in [1.54, 1.807) is 6.20 Å². The first-order chi connectivity index (χ1) is 6.91. The van der Waals surface area contributed by atoms with Crippen molar-refractivity contribution in [2.24, 2.45) is 0 Å². The highest BCUT2D eigenvalue weighted by atomic mass is 79.9. The van der Waals surface area contributed by atoms with E-state index in [1.807, 2.05) is 0 Å². The molecule has 1 aromatic rings. The third-order valence-electron chi connectivity index (χ3n) is 2.76. The summed E-state index contributed by atoms with van der Waals surface area (Å²) in [6, 6.07) is 0. The van der Waals surface area contributed by atoms with Crippen molar-refractivity contribution in [3.8, 4) is 0 Å². The van der Waals surface area contributed by atoms with Crippen LogP contribution in [0, 0.1) is 5.95 Å². The third-order valence-corrected chi connectivity index (χ3v) is 3.36. The van der Waals surface area contributed by atoms with E-state index in [2.05, 4.69) is 41.7 Å². The van der Waals surface area contributed by atoms with E-state index in [4.69, 9.17) is 0 Å². The maximum atomic E-state index is 13.7. The van der Waals surface area contributed by atoms with Crippen LogP contribution in [0.4, 0.5) is 4.39 Å². The lowest BCUT2D eigenvalue weighted by Crippen LogP contribution is -2.17. The topological polar surface area (TPSA) is 12.9 Å². The first kappa shape index (κ1) is 11.1. The van der Waals surface area contributed by atoms with E-state index < -0.39 is 0 Å². The lowest BCUT2D eigenvalue weighted by Gasteiger charge is -2.24. The second-order valence-corrected chi connectivity index (χ2v) is 6.06. The molecule has 82 valence electrons. The van der Waals surface area contributed by atoms with Crippen LogP contribution in [0.3, 0.4) is 0 Å². The standard InChI is InChI=1S/C12H15BrFN/c1-12(2,3)10-8(13)6-15-11(14)9(10)7-4-5-7/h6-7H,4-5H2,1-3H3. The van der Waals surface area contributed by atoms with E-state index in [1.165, 1.54) is 0 Å². The molecule has 0 N–H and O–H groups in total. The van der Waals surface area contributed by atoms with Crippen molar-refractivity contribution in [1.82, 2.24) is 4.98 Å². The summed E-state index contributed by atoms with van der Waals surface area (Å²) in [5.74, 6) is 0.106. The van der Waals surface area contributed by atoms with Crippen molar-refractivity contribution in [3.63, 3.8) is 0 Å². The molecule has 0 aliphatic heterocycles. The molecule has 3 heteroatoms. The van der Waals surface area contributed by atoms with Crippen LogP contribution in [-0.2, 0) is 5.41 Å². The summed E-state index contributed by atoms with van der Waals surface area (Å²) in [5.41, 5.74) is 1.87.